The van der Waals surface area contributed by atoms with Crippen molar-refractivity contribution in [1.82, 2.24) is 14.8 Å². The molecule has 2 rings (SSSR count). The Morgan fingerprint density at radius 3 is 3.11 bits per heavy atom. The molecule has 18 heavy (non-hydrogen) atoms. The first-order valence-electron chi connectivity index (χ1n) is 5.32. The van der Waals surface area contributed by atoms with E-state index in [0.29, 0.717) is 23.4 Å². The lowest BCUT2D eigenvalue weighted by Crippen LogP contribution is -2.03. The average molecular weight is 242 g/mol. The van der Waals surface area contributed by atoms with Crippen molar-refractivity contribution in [2.45, 2.75) is 6.92 Å². The first-order chi connectivity index (χ1) is 8.76. The van der Waals surface area contributed by atoms with E-state index in [1.165, 1.54) is 29.5 Å². The Hall–Kier alpha value is -2.68. The van der Waals surface area contributed by atoms with Gasteiger partial charge in [-0.15, -0.1) is 0 Å². The highest BCUT2D eigenvalue weighted by atomic mass is 16.5. The van der Waals surface area contributed by atoms with Crippen LogP contribution in [0.3, 0.4) is 0 Å². The minimum Gasteiger partial charge on any atom is -0.462 e. The maximum Gasteiger partial charge on any atom is 0.341 e. The van der Waals surface area contributed by atoms with E-state index in [2.05, 4.69) is 10.1 Å². The minimum absolute atomic E-state index is 0.306. The molecule has 0 aliphatic heterocycles. The van der Waals surface area contributed by atoms with Crippen LogP contribution in [0.2, 0.25) is 0 Å². The number of aromatic nitrogens is 3. The fourth-order valence-electron chi connectivity index (χ4n) is 1.44. The SMILES string of the molecule is CCOC(=O)c1cnn(-c2cnccc2C#N)c1. The number of nitrogens with zero attached hydrogens (tertiary/aromatic N) is 4. The fraction of sp³-hybridized carbons (Fsp3) is 0.167. The predicted molar refractivity (Wildman–Crippen MR) is 62.0 cm³/mol. The summed E-state index contributed by atoms with van der Waals surface area (Å²) in [6.45, 7) is 2.04. The zero-order valence-electron chi connectivity index (χ0n) is 9.70. The molecule has 0 aromatic carbocycles. The van der Waals surface area contributed by atoms with E-state index in [9.17, 15) is 4.79 Å². The molecule has 2 aromatic heterocycles. The predicted octanol–water partition coefficient (Wildman–Crippen LogP) is 1.32. The van der Waals surface area contributed by atoms with Crippen LogP contribution in [0.4, 0.5) is 0 Å². The van der Waals surface area contributed by atoms with Crippen LogP contribution in [-0.2, 0) is 4.74 Å². The van der Waals surface area contributed by atoms with Crippen LogP contribution in [0.25, 0.3) is 5.69 Å². The second-order valence-corrected chi connectivity index (χ2v) is 3.40. The molecule has 0 amide bonds. The summed E-state index contributed by atoms with van der Waals surface area (Å²) in [6, 6.07) is 3.63. The van der Waals surface area contributed by atoms with Gasteiger partial charge >= 0.3 is 5.97 Å². The first-order valence-corrected chi connectivity index (χ1v) is 5.32. The van der Waals surface area contributed by atoms with Gasteiger partial charge in [0.25, 0.3) is 0 Å². The van der Waals surface area contributed by atoms with Crippen molar-refractivity contribution in [2.75, 3.05) is 6.61 Å². The van der Waals surface area contributed by atoms with Crippen LogP contribution >= 0.6 is 0 Å². The second kappa shape index (κ2) is 5.10. The molecular formula is C12H10N4O2. The summed E-state index contributed by atoms with van der Waals surface area (Å²) in [4.78, 5) is 15.4. The van der Waals surface area contributed by atoms with Gasteiger partial charge in [-0.3, -0.25) is 4.98 Å². The van der Waals surface area contributed by atoms with E-state index < -0.39 is 5.97 Å². The van der Waals surface area contributed by atoms with Crippen molar-refractivity contribution in [1.29, 1.82) is 5.26 Å². The van der Waals surface area contributed by atoms with E-state index >= 15 is 0 Å². The highest BCUT2D eigenvalue weighted by molar-refractivity contribution is 5.88. The lowest BCUT2D eigenvalue weighted by Gasteiger charge is -2.01. The van der Waals surface area contributed by atoms with E-state index in [0.717, 1.165) is 0 Å². The van der Waals surface area contributed by atoms with Crippen molar-refractivity contribution in [2.24, 2.45) is 0 Å². The quantitative estimate of drug-likeness (QED) is 0.758. The molecule has 0 atom stereocenters. The summed E-state index contributed by atoms with van der Waals surface area (Å²) in [6.07, 6.45) is 5.94. The number of hydrogen-bond acceptors (Lipinski definition) is 5. The van der Waals surface area contributed by atoms with Gasteiger partial charge in [0.05, 0.1) is 30.1 Å². The van der Waals surface area contributed by atoms with Crippen LogP contribution in [0, 0.1) is 11.3 Å². The number of hydrogen-bond donors (Lipinski definition) is 0. The molecule has 0 aliphatic carbocycles. The molecule has 0 unspecified atom stereocenters. The molecule has 90 valence electrons. The van der Waals surface area contributed by atoms with E-state index in [1.54, 1.807) is 13.0 Å². The van der Waals surface area contributed by atoms with Crippen LogP contribution in [0.15, 0.2) is 30.9 Å². The molecule has 0 saturated carbocycles. The van der Waals surface area contributed by atoms with Gasteiger partial charge in [0.2, 0.25) is 0 Å². The molecule has 0 aliphatic rings. The first kappa shape index (κ1) is 11.8. The third-order valence-electron chi connectivity index (χ3n) is 2.26. The van der Waals surface area contributed by atoms with E-state index in [4.69, 9.17) is 10.00 Å². The van der Waals surface area contributed by atoms with Gasteiger partial charge < -0.3 is 4.74 Å². The summed E-state index contributed by atoms with van der Waals surface area (Å²) in [5.74, 6) is -0.439. The number of ether oxygens (including phenoxy) is 1. The summed E-state index contributed by atoms with van der Waals surface area (Å²) in [5.41, 5.74) is 1.30. The third kappa shape index (κ3) is 2.20. The topological polar surface area (TPSA) is 80.8 Å². The lowest BCUT2D eigenvalue weighted by molar-refractivity contribution is 0.0526. The number of carbonyl (C=O) groups excluding carboxylic acids is 1. The number of esters is 1. The van der Waals surface area contributed by atoms with Crippen molar-refractivity contribution >= 4 is 5.97 Å². The van der Waals surface area contributed by atoms with Crippen molar-refractivity contribution in [3.8, 4) is 11.8 Å². The van der Waals surface area contributed by atoms with Gasteiger partial charge in [-0.2, -0.15) is 10.4 Å². The Morgan fingerprint density at radius 2 is 2.39 bits per heavy atom. The van der Waals surface area contributed by atoms with Gasteiger partial charge in [0, 0.05) is 12.4 Å². The summed E-state index contributed by atoms with van der Waals surface area (Å²) in [7, 11) is 0. The summed E-state index contributed by atoms with van der Waals surface area (Å²) < 4.78 is 6.29. The third-order valence-corrected chi connectivity index (χ3v) is 2.26. The van der Waals surface area contributed by atoms with Gasteiger partial charge in [0.1, 0.15) is 11.8 Å². The number of nitriles is 1. The second-order valence-electron chi connectivity index (χ2n) is 3.40. The van der Waals surface area contributed by atoms with E-state index in [-0.39, 0.29) is 0 Å². The molecular weight excluding hydrogens is 232 g/mol. The van der Waals surface area contributed by atoms with Crippen LogP contribution in [0.5, 0.6) is 0 Å². The molecule has 0 radical (unpaired) electrons. The maximum atomic E-state index is 11.5. The van der Waals surface area contributed by atoms with E-state index in [1.807, 2.05) is 6.07 Å². The Bertz CT molecular complexity index is 613. The molecule has 0 N–H and O–H groups in total. The van der Waals surface area contributed by atoms with Crippen LogP contribution < -0.4 is 0 Å². The molecule has 0 bridgehead atoms. The Kier molecular flexibility index (Phi) is 3.34. The molecule has 0 saturated heterocycles. The molecule has 6 nitrogen and oxygen atoms in total. The lowest BCUT2D eigenvalue weighted by atomic mass is 10.2. The standard InChI is InChI=1S/C12H10N4O2/c1-2-18-12(17)10-6-15-16(8-10)11-7-14-4-3-9(11)5-13/h3-4,6-8H,2H2,1H3. The van der Waals surface area contributed by atoms with Crippen LogP contribution in [0.1, 0.15) is 22.8 Å². The summed E-state index contributed by atoms with van der Waals surface area (Å²) >= 11 is 0. The van der Waals surface area contributed by atoms with Gasteiger partial charge in [-0.25, -0.2) is 9.48 Å². The monoisotopic (exact) mass is 242 g/mol. The van der Waals surface area contributed by atoms with Gasteiger partial charge in [-0.05, 0) is 13.0 Å². The average Bonchev–Trinajstić information content (AvgIpc) is 2.88. The summed E-state index contributed by atoms with van der Waals surface area (Å²) in [5, 5.41) is 13.0. The fourth-order valence-corrected chi connectivity index (χ4v) is 1.44. The highest BCUT2D eigenvalue weighted by Gasteiger charge is 2.11. The van der Waals surface area contributed by atoms with Crippen molar-refractivity contribution in [3.63, 3.8) is 0 Å². The molecule has 2 heterocycles. The zero-order valence-corrected chi connectivity index (χ0v) is 9.70. The molecule has 6 heteroatoms. The van der Waals surface area contributed by atoms with Crippen molar-refractivity contribution < 1.29 is 9.53 Å². The minimum atomic E-state index is -0.439. The molecule has 0 fully saturated rings. The Morgan fingerprint density at radius 1 is 1.56 bits per heavy atom. The zero-order chi connectivity index (χ0) is 13.0. The number of carbonyl (C=O) groups is 1. The molecule has 2 aromatic rings. The maximum absolute atomic E-state index is 11.5. The van der Waals surface area contributed by atoms with Gasteiger partial charge in [-0.1, -0.05) is 0 Å². The molecule has 0 spiro atoms. The largest absolute Gasteiger partial charge is 0.462 e. The van der Waals surface area contributed by atoms with Gasteiger partial charge in [0.15, 0.2) is 0 Å². The number of rotatable bonds is 3. The smallest absolute Gasteiger partial charge is 0.341 e. The number of pyridine rings is 1. The normalized spacial score (nSPS) is 9.78. The Balaban J connectivity index is 2.36. The highest BCUT2D eigenvalue weighted by Crippen LogP contribution is 2.12. The van der Waals surface area contributed by atoms with Crippen LogP contribution in [-0.4, -0.2) is 27.3 Å². The Labute approximate surface area is 103 Å². The van der Waals surface area contributed by atoms with Crippen molar-refractivity contribution in [3.05, 3.63) is 42.0 Å².